The molecule has 3 heterocycles. The van der Waals surface area contributed by atoms with Gasteiger partial charge in [-0.1, -0.05) is 24.3 Å². The summed E-state index contributed by atoms with van der Waals surface area (Å²) in [5.41, 5.74) is 4.39. The number of rotatable bonds is 3. The fourth-order valence-electron chi connectivity index (χ4n) is 3.91. The van der Waals surface area contributed by atoms with Gasteiger partial charge in [0.2, 0.25) is 0 Å². The lowest BCUT2D eigenvalue weighted by Crippen LogP contribution is -2.30. The molecule has 27 heavy (non-hydrogen) atoms. The van der Waals surface area contributed by atoms with Gasteiger partial charge in [-0.05, 0) is 36.2 Å². The fourth-order valence-corrected chi connectivity index (χ4v) is 3.91. The van der Waals surface area contributed by atoms with Gasteiger partial charge in [-0.3, -0.25) is 14.9 Å². The lowest BCUT2D eigenvalue weighted by Gasteiger charge is -2.21. The number of carbonyl (C=O) groups is 2. The van der Waals surface area contributed by atoms with Crippen LogP contribution in [0.5, 0.6) is 5.75 Å². The largest absolute Gasteiger partial charge is 0.494 e. The molecule has 0 bridgehead atoms. The number of H-pyrrole nitrogens is 1. The van der Waals surface area contributed by atoms with Gasteiger partial charge in [-0.25, -0.2) is 0 Å². The fraction of sp³-hybridized carbons (Fsp3) is 0.143. The van der Waals surface area contributed by atoms with Crippen LogP contribution < -0.4 is 15.4 Å². The van der Waals surface area contributed by atoms with E-state index < -0.39 is 5.91 Å². The molecule has 2 aliphatic heterocycles. The first-order valence-electron chi connectivity index (χ1n) is 8.87. The second-order valence-corrected chi connectivity index (χ2v) is 6.58. The van der Waals surface area contributed by atoms with Crippen molar-refractivity contribution in [2.45, 2.75) is 13.0 Å². The van der Waals surface area contributed by atoms with E-state index in [1.807, 2.05) is 49.4 Å². The second-order valence-electron chi connectivity index (χ2n) is 6.58. The first-order valence-corrected chi connectivity index (χ1v) is 8.87. The average molecular weight is 359 g/mol. The standard InChI is InChI=1S/C21H17N3O3/c1-2-27-12-8-6-11(7-9-12)18-13-4-3-5-15-16(13)14(10-22-15)17-19(23-18)21(26)24-20(17)25/h3-10,18,22-23H,2H2,1H3,(H,24,25,26). The molecule has 1 aromatic heterocycles. The van der Waals surface area contributed by atoms with Gasteiger partial charge in [-0.15, -0.1) is 0 Å². The first kappa shape index (κ1) is 15.7. The van der Waals surface area contributed by atoms with E-state index >= 15 is 0 Å². The molecule has 0 aliphatic carbocycles. The summed E-state index contributed by atoms with van der Waals surface area (Å²) in [6, 6.07) is 13.5. The van der Waals surface area contributed by atoms with E-state index in [1.54, 1.807) is 6.20 Å². The lowest BCUT2D eigenvalue weighted by atomic mass is 9.94. The molecule has 0 saturated carbocycles. The minimum absolute atomic E-state index is 0.261. The van der Waals surface area contributed by atoms with E-state index in [0.717, 1.165) is 33.3 Å². The molecule has 5 rings (SSSR count). The lowest BCUT2D eigenvalue weighted by molar-refractivity contribution is -0.123. The number of hydrogen-bond acceptors (Lipinski definition) is 4. The molecule has 0 spiro atoms. The van der Waals surface area contributed by atoms with E-state index in [2.05, 4.69) is 15.6 Å². The SMILES string of the molecule is CCOc1ccc(C2NC3=C(C(=O)NC3=O)c3c[nH]c4cccc2c34)cc1. The van der Waals surface area contributed by atoms with Crippen LogP contribution in [0.25, 0.3) is 16.5 Å². The number of amides is 2. The molecule has 2 aliphatic rings. The van der Waals surface area contributed by atoms with Gasteiger partial charge in [0.1, 0.15) is 11.4 Å². The van der Waals surface area contributed by atoms with Crippen LogP contribution in [0, 0.1) is 0 Å². The zero-order valence-corrected chi connectivity index (χ0v) is 14.6. The van der Waals surface area contributed by atoms with Crippen molar-refractivity contribution in [3.8, 4) is 5.75 Å². The Hall–Kier alpha value is -3.54. The molecule has 3 N–H and O–H groups in total. The summed E-state index contributed by atoms with van der Waals surface area (Å²) in [5.74, 6) is 0.0303. The molecule has 0 radical (unpaired) electrons. The highest BCUT2D eigenvalue weighted by molar-refractivity contribution is 6.37. The monoisotopic (exact) mass is 359 g/mol. The van der Waals surface area contributed by atoms with Gasteiger partial charge in [-0.2, -0.15) is 0 Å². The van der Waals surface area contributed by atoms with Crippen LogP contribution in [-0.2, 0) is 9.59 Å². The summed E-state index contributed by atoms with van der Waals surface area (Å²) >= 11 is 0. The van der Waals surface area contributed by atoms with E-state index in [1.165, 1.54) is 0 Å². The zero-order chi connectivity index (χ0) is 18.5. The first-order chi connectivity index (χ1) is 13.2. The number of nitrogens with one attached hydrogen (secondary N) is 3. The third-order valence-electron chi connectivity index (χ3n) is 5.06. The maximum Gasteiger partial charge on any atom is 0.275 e. The van der Waals surface area contributed by atoms with Crippen LogP contribution in [-0.4, -0.2) is 23.4 Å². The maximum absolute atomic E-state index is 12.4. The van der Waals surface area contributed by atoms with Crippen LogP contribution in [0.15, 0.2) is 54.4 Å². The number of imide groups is 1. The molecule has 2 amide bonds. The van der Waals surface area contributed by atoms with Crippen LogP contribution in [0.3, 0.4) is 0 Å². The van der Waals surface area contributed by atoms with Crippen molar-refractivity contribution in [3.05, 3.63) is 71.0 Å². The van der Waals surface area contributed by atoms with E-state index in [-0.39, 0.29) is 11.9 Å². The summed E-state index contributed by atoms with van der Waals surface area (Å²) in [6.07, 6.45) is 1.80. The topological polar surface area (TPSA) is 83.2 Å². The highest BCUT2D eigenvalue weighted by Crippen LogP contribution is 2.40. The third kappa shape index (κ3) is 2.26. The van der Waals surface area contributed by atoms with Gasteiger partial charge in [0.25, 0.3) is 11.8 Å². The number of fused-ring (bicyclic) bond motifs is 1. The molecule has 1 unspecified atom stereocenters. The molecule has 6 nitrogen and oxygen atoms in total. The zero-order valence-electron chi connectivity index (χ0n) is 14.6. The Labute approximate surface area is 155 Å². The van der Waals surface area contributed by atoms with Crippen molar-refractivity contribution >= 4 is 28.3 Å². The molecule has 2 aromatic carbocycles. The summed E-state index contributed by atoms with van der Waals surface area (Å²) < 4.78 is 5.53. The molecular weight excluding hydrogens is 342 g/mol. The summed E-state index contributed by atoms with van der Waals surface area (Å²) in [6.45, 7) is 2.55. The highest BCUT2D eigenvalue weighted by Gasteiger charge is 2.37. The van der Waals surface area contributed by atoms with Crippen molar-refractivity contribution in [3.63, 3.8) is 0 Å². The van der Waals surface area contributed by atoms with Crippen LogP contribution in [0.4, 0.5) is 0 Å². The van der Waals surface area contributed by atoms with Crippen LogP contribution in [0.1, 0.15) is 29.7 Å². The third-order valence-corrected chi connectivity index (χ3v) is 5.06. The number of aromatic amines is 1. The van der Waals surface area contributed by atoms with Crippen molar-refractivity contribution in [2.75, 3.05) is 6.61 Å². The number of benzene rings is 2. The van der Waals surface area contributed by atoms with E-state index in [9.17, 15) is 9.59 Å². The highest BCUT2D eigenvalue weighted by atomic mass is 16.5. The Morgan fingerprint density at radius 2 is 1.85 bits per heavy atom. The Morgan fingerprint density at radius 1 is 1.04 bits per heavy atom. The number of aromatic nitrogens is 1. The van der Waals surface area contributed by atoms with Crippen molar-refractivity contribution in [2.24, 2.45) is 0 Å². The summed E-state index contributed by atoms with van der Waals surface area (Å²) in [7, 11) is 0. The van der Waals surface area contributed by atoms with Gasteiger partial charge >= 0.3 is 0 Å². The second kappa shape index (κ2) is 5.74. The molecule has 0 saturated heterocycles. The maximum atomic E-state index is 12.4. The Bertz CT molecular complexity index is 1130. The molecule has 0 fully saturated rings. The molecule has 6 heteroatoms. The van der Waals surface area contributed by atoms with Crippen molar-refractivity contribution in [1.82, 2.24) is 15.6 Å². The van der Waals surface area contributed by atoms with E-state index in [0.29, 0.717) is 17.9 Å². The summed E-state index contributed by atoms with van der Waals surface area (Å²) in [4.78, 5) is 28.0. The summed E-state index contributed by atoms with van der Waals surface area (Å²) in [5, 5.41) is 6.67. The average Bonchev–Trinajstić information content (AvgIpc) is 3.15. The van der Waals surface area contributed by atoms with Crippen molar-refractivity contribution < 1.29 is 14.3 Å². The van der Waals surface area contributed by atoms with Crippen LogP contribution >= 0.6 is 0 Å². The molecule has 1 atom stereocenters. The Balaban J connectivity index is 1.73. The number of hydrogen-bond donors (Lipinski definition) is 3. The van der Waals surface area contributed by atoms with Crippen molar-refractivity contribution in [1.29, 1.82) is 0 Å². The van der Waals surface area contributed by atoms with Crippen LogP contribution in [0.2, 0.25) is 0 Å². The van der Waals surface area contributed by atoms with E-state index in [4.69, 9.17) is 4.74 Å². The number of carbonyl (C=O) groups excluding carboxylic acids is 2. The van der Waals surface area contributed by atoms with Gasteiger partial charge in [0.15, 0.2) is 0 Å². The minimum Gasteiger partial charge on any atom is -0.494 e. The number of ether oxygens (including phenoxy) is 1. The Kier molecular flexibility index (Phi) is 3.33. The smallest absolute Gasteiger partial charge is 0.275 e. The molecular formula is C21H17N3O3. The predicted molar refractivity (Wildman–Crippen MR) is 101 cm³/mol. The Morgan fingerprint density at radius 3 is 2.63 bits per heavy atom. The van der Waals surface area contributed by atoms with Gasteiger partial charge in [0, 0.05) is 22.7 Å². The predicted octanol–water partition coefficient (Wildman–Crippen LogP) is 2.63. The van der Waals surface area contributed by atoms with Gasteiger partial charge in [0.05, 0.1) is 18.2 Å². The normalized spacial score (nSPS) is 18.2. The minimum atomic E-state index is -0.395. The molecule has 134 valence electrons. The van der Waals surface area contributed by atoms with Gasteiger partial charge < -0.3 is 15.0 Å². The quantitative estimate of drug-likeness (QED) is 0.628. The molecule has 3 aromatic rings.